The molecule has 19 heteroatoms. The molecule has 562 valence electrons. The molecule has 0 aliphatic rings. The molecule has 0 aliphatic carbocycles. The summed E-state index contributed by atoms with van der Waals surface area (Å²) in [6.45, 7) is 4.85. The van der Waals surface area contributed by atoms with E-state index in [1.165, 1.54) is 128 Å². The Morgan fingerprint density at radius 1 is 0.281 bits per heavy atom. The Kier molecular flexibility index (Phi) is 68.3. The van der Waals surface area contributed by atoms with Crippen molar-refractivity contribution in [2.75, 3.05) is 39.6 Å². The Hall–Kier alpha value is -2.98. The number of carbonyl (C=O) groups is 4. The van der Waals surface area contributed by atoms with Gasteiger partial charge < -0.3 is 33.8 Å². The molecule has 0 rings (SSSR count). The first-order chi connectivity index (χ1) is 46.7. The van der Waals surface area contributed by atoms with E-state index in [2.05, 4.69) is 76.3 Å². The molecule has 0 aromatic heterocycles. The molecule has 0 fully saturated rings. The zero-order valence-corrected chi connectivity index (χ0v) is 63.1. The Labute approximate surface area is 585 Å². The number of phosphoric acid groups is 2. The van der Waals surface area contributed by atoms with Crippen LogP contribution in [0.5, 0.6) is 0 Å². The number of aliphatic hydroxyl groups is 1. The van der Waals surface area contributed by atoms with Crippen molar-refractivity contribution in [3.05, 3.63) is 48.6 Å². The second kappa shape index (κ2) is 70.5. The number of allylic oxidation sites excluding steroid dienone is 8. The summed E-state index contributed by atoms with van der Waals surface area (Å²) >= 11 is 0. The highest BCUT2D eigenvalue weighted by Crippen LogP contribution is 2.45. The Morgan fingerprint density at radius 2 is 0.479 bits per heavy atom. The first-order valence-electron chi connectivity index (χ1n) is 38.9. The van der Waals surface area contributed by atoms with E-state index < -0.39 is 97.5 Å². The molecule has 0 amide bonds. The van der Waals surface area contributed by atoms with Gasteiger partial charge in [-0.1, -0.05) is 256 Å². The topological polar surface area (TPSA) is 237 Å². The van der Waals surface area contributed by atoms with Crippen LogP contribution in [0, 0.1) is 0 Å². The molecule has 17 nitrogen and oxygen atoms in total. The Morgan fingerprint density at radius 3 is 0.729 bits per heavy atom. The number of rotatable bonds is 74. The zero-order chi connectivity index (χ0) is 70.4. The lowest BCUT2D eigenvalue weighted by Gasteiger charge is -2.21. The molecule has 0 spiro atoms. The van der Waals surface area contributed by atoms with Gasteiger partial charge in [-0.05, 0) is 128 Å². The van der Waals surface area contributed by atoms with Crippen molar-refractivity contribution in [1.82, 2.24) is 0 Å². The van der Waals surface area contributed by atoms with Gasteiger partial charge in [0.15, 0.2) is 12.2 Å². The van der Waals surface area contributed by atoms with Crippen LogP contribution in [0.1, 0.15) is 362 Å². The van der Waals surface area contributed by atoms with Gasteiger partial charge in [0.2, 0.25) is 0 Å². The van der Waals surface area contributed by atoms with Crippen molar-refractivity contribution in [2.24, 2.45) is 0 Å². The van der Waals surface area contributed by atoms with Crippen LogP contribution in [0.25, 0.3) is 0 Å². The fourth-order valence-electron chi connectivity index (χ4n) is 10.7. The Balaban J connectivity index is 5.32. The normalized spacial score (nSPS) is 14.2. The number of unbranched alkanes of at least 4 members (excludes halogenated alkanes) is 40. The second-order valence-corrected chi connectivity index (χ2v) is 29.2. The van der Waals surface area contributed by atoms with Gasteiger partial charge >= 0.3 is 39.5 Å². The quantitative estimate of drug-likeness (QED) is 0.0169. The lowest BCUT2D eigenvalue weighted by atomic mass is 10.1. The first kappa shape index (κ1) is 93.0. The highest BCUT2D eigenvalue weighted by Gasteiger charge is 2.30. The second-order valence-electron chi connectivity index (χ2n) is 26.3. The number of carbonyl (C=O) groups excluding carboxylic acids is 4. The van der Waals surface area contributed by atoms with E-state index in [-0.39, 0.29) is 25.7 Å². The number of phosphoric ester groups is 2. The molecule has 0 aromatic carbocycles. The minimum absolute atomic E-state index is 0.0879. The summed E-state index contributed by atoms with van der Waals surface area (Å²) in [5.74, 6) is -2.18. The average molecular weight is 1400 g/mol. The first-order valence-corrected chi connectivity index (χ1v) is 41.9. The van der Waals surface area contributed by atoms with Crippen molar-refractivity contribution in [3.8, 4) is 0 Å². The third-order valence-corrected chi connectivity index (χ3v) is 18.6. The zero-order valence-electron chi connectivity index (χ0n) is 61.3. The average Bonchev–Trinajstić information content (AvgIpc) is 1.15. The molecule has 0 saturated heterocycles. The van der Waals surface area contributed by atoms with E-state index in [4.69, 9.17) is 37.0 Å². The molecule has 96 heavy (non-hydrogen) atoms. The lowest BCUT2D eigenvalue weighted by molar-refractivity contribution is -0.161. The van der Waals surface area contributed by atoms with Crippen LogP contribution in [0.3, 0.4) is 0 Å². The van der Waals surface area contributed by atoms with Crippen molar-refractivity contribution in [2.45, 2.75) is 380 Å². The fourth-order valence-corrected chi connectivity index (χ4v) is 12.3. The van der Waals surface area contributed by atoms with Crippen LogP contribution >= 0.6 is 15.6 Å². The summed E-state index contributed by atoms with van der Waals surface area (Å²) in [7, 11) is -9.94. The monoisotopic (exact) mass is 1400 g/mol. The van der Waals surface area contributed by atoms with Gasteiger partial charge in [-0.15, -0.1) is 0 Å². The number of esters is 4. The van der Waals surface area contributed by atoms with Gasteiger partial charge in [0, 0.05) is 25.7 Å². The van der Waals surface area contributed by atoms with Gasteiger partial charge in [-0.2, -0.15) is 0 Å². The van der Waals surface area contributed by atoms with Gasteiger partial charge in [-0.3, -0.25) is 37.3 Å². The lowest BCUT2D eigenvalue weighted by Crippen LogP contribution is -2.30. The van der Waals surface area contributed by atoms with Crippen molar-refractivity contribution in [3.63, 3.8) is 0 Å². The number of aliphatic hydroxyl groups excluding tert-OH is 1. The van der Waals surface area contributed by atoms with Crippen LogP contribution in [0.4, 0.5) is 0 Å². The standard InChI is InChI=1S/C77H142O17P2/c1-5-9-13-17-21-25-29-33-35-39-41-45-49-53-57-61-74(79)87-67-72(93-76(81)63-59-55-51-47-43-37-31-27-23-19-15-11-7-3)69-91-95(83,84)89-65-71(78)66-90-96(85,86)92-70-73(94-77(82)64-60-56-52-48-44-38-32-28-24-20-16-12-8-4)68-88-75(80)62-58-54-50-46-42-40-36-34-30-26-22-18-14-10-6-2/h27-28,31-36,71-73,78H,5-26,29-30,37-70H2,1-4H3,(H,83,84)(H,85,86)/b31-27-,32-28-,35-33-,36-34-/t72-,73-/m1/s1. The van der Waals surface area contributed by atoms with Crippen LogP contribution in [0.2, 0.25) is 0 Å². The van der Waals surface area contributed by atoms with Crippen molar-refractivity contribution >= 4 is 39.5 Å². The molecule has 0 radical (unpaired) electrons. The third-order valence-electron chi connectivity index (χ3n) is 16.7. The summed E-state index contributed by atoms with van der Waals surface area (Å²) in [5, 5.41) is 10.6. The molecular weight excluding hydrogens is 1260 g/mol. The SMILES string of the molecule is CCCCCC/C=C\CCCCCCCC(=O)O[C@H](COC(=O)CCCCCCC/C=C\CCCCCCCC)COP(=O)(O)OCC(O)COP(=O)(O)OC[C@@H](COC(=O)CCCCCCC/C=C\CCCCCCCC)OC(=O)CCCCCCC/C=C\CCCCCC. The maximum Gasteiger partial charge on any atom is 0.472 e. The predicted octanol–water partition coefficient (Wildman–Crippen LogP) is 22.1. The predicted molar refractivity (Wildman–Crippen MR) is 390 cm³/mol. The van der Waals surface area contributed by atoms with Gasteiger partial charge in [-0.25, -0.2) is 9.13 Å². The maximum atomic E-state index is 13.1. The van der Waals surface area contributed by atoms with Gasteiger partial charge in [0.05, 0.1) is 26.4 Å². The van der Waals surface area contributed by atoms with E-state index in [0.717, 1.165) is 154 Å². The minimum Gasteiger partial charge on any atom is -0.462 e. The molecule has 0 aliphatic heterocycles. The van der Waals surface area contributed by atoms with Crippen LogP contribution in [0.15, 0.2) is 48.6 Å². The highest BCUT2D eigenvalue weighted by molar-refractivity contribution is 7.47. The minimum atomic E-state index is -4.97. The van der Waals surface area contributed by atoms with E-state index in [0.29, 0.717) is 25.7 Å². The molecule has 3 N–H and O–H groups in total. The largest absolute Gasteiger partial charge is 0.472 e. The molecule has 0 bridgehead atoms. The number of hydrogen-bond donors (Lipinski definition) is 3. The molecule has 0 heterocycles. The summed E-state index contributed by atoms with van der Waals surface area (Å²) in [6, 6.07) is 0. The molecule has 0 saturated carbocycles. The summed E-state index contributed by atoms with van der Waals surface area (Å²) < 4.78 is 68.5. The summed E-state index contributed by atoms with van der Waals surface area (Å²) in [4.78, 5) is 72.8. The fraction of sp³-hybridized carbons (Fsp3) is 0.844. The molecule has 4 atom stereocenters. The summed E-state index contributed by atoms with van der Waals surface area (Å²) in [5.41, 5.74) is 0. The smallest absolute Gasteiger partial charge is 0.462 e. The van der Waals surface area contributed by atoms with Gasteiger partial charge in [0.25, 0.3) is 0 Å². The van der Waals surface area contributed by atoms with Crippen LogP contribution in [-0.2, 0) is 65.4 Å². The molecule has 0 aromatic rings. The third kappa shape index (κ3) is 69.5. The van der Waals surface area contributed by atoms with Crippen molar-refractivity contribution < 1.29 is 80.2 Å². The van der Waals surface area contributed by atoms with Gasteiger partial charge in [0.1, 0.15) is 19.3 Å². The number of hydrogen-bond acceptors (Lipinski definition) is 15. The van der Waals surface area contributed by atoms with Crippen LogP contribution in [-0.4, -0.2) is 96.7 Å². The Bertz CT molecular complexity index is 1880. The highest BCUT2D eigenvalue weighted by atomic mass is 31.2. The van der Waals surface area contributed by atoms with E-state index >= 15 is 0 Å². The van der Waals surface area contributed by atoms with E-state index in [1.54, 1.807) is 0 Å². The molecule has 2 unspecified atom stereocenters. The van der Waals surface area contributed by atoms with Crippen molar-refractivity contribution in [1.29, 1.82) is 0 Å². The van der Waals surface area contributed by atoms with E-state index in [9.17, 15) is 43.2 Å². The van der Waals surface area contributed by atoms with Crippen LogP contribution < -0.4 is 0 Å². The molecular formula is C77H142O17P2. The number of ether oxygens (including phenoxy) is 4. The van der Waals surface area contributed by atoms with E-state index in [1.807, 2.05) is 0 Å². The maximum absolute atomic E-state index is 13.1. The summed E-state index contributed by atoms with van der Waals surface area (Å²) in [6.07, 6.45) is 66.7.